The van der Waals surface area contributed by atoms with Crippen molar-refractivity contribution in [1.29, 1.82) is 0 Å². The average molecular weight is 244 g/mol. The molecular weight excluding hydrogens is 232 g/mol. The molecule has 0 aliphatic heterocycles. The van der Waals surface area contributed by atoms with Crippen LogP contribution < -0.4 is 4.72 Å². The molecule has 1 aromatic rings. The monoisotopic (exact) mass is 244 g/mol. The van der Waals surface area contributed by atoms with Gasteiger partial charge in [-0.1, -0.05) is 13.0 Å². The van der Waals surface area contributed by atoms with Crippen LogP contribution in [0.15, 0.2) is 23.1 Å². The van der Waals surface area contributed by atoms with Gasteiger partial charge in [-0.3, -0.25) is 10.1 Å². The third kappa shape index (κ3) is 2.56. The molecule has 1 N–H and O–H groups in total. The summed E-state index contributed by atoms with van der Waals surface area (Å²) >= 11 is 0. The molecule has 0 aromatic heterocycles. The number of nitrogens with one attached hydrogen (secondary N) is 1. The number of nitrogens with zero attached hydrogens (tertiary/aromatic N) is 1. The van der Waals surface area contributed by atoms with E-state index in [1.165, 1.54) is 12.1 Å². The first-order valence-electron chi connectivity index (χ1n) is 4.63. The van der Waals surface area contributed by atoms with Crippen molar-refractivity contribution in [3.63, 3.8) is 0 Å². The molecule has 0 bridgehead atoms. The average Bonchev–Trinajstić information content (AvgIpc) is 2.17. The molecule has 0 aliphatic rings. The zero-order chi connectivity index (χ0) is 12.3. The lowest BCUT2D eigenvalue weighted by atomic mass is 10.2. The second-order valence-corrected chi connectivity index (χ2v) is 4.97. The molecule has 7 heteroatoms. The Labute approximate surface area is 93.5 Å². The minimum Gasteiger partial charge on any atom is -0.258 e. The first kappa shape index (κ1) is 12.6. The normalized spacial score (nSPS) is 11.4. The van der Waals surface area contributed by atoms with E-state index in [4.69, 9.17) is 0 Å². The van der Waals surface area contributed by atoms with Crippen molar-refractivity contribution in [2.75, 3.05) is 6.54 Å². The predicted octanol–water partition coefficient (Wildman–Crippen LogP) is 1.20. The smallest absolute Gasteiger partial charge is 0.258 e. The predicted molar refractivity (Wildman–Crippen MR) is 58.7 cm³/mol. The van der Waals surface area contributed by atoms with Gasteiger partial charge < -0.3 is 0 Å². The summed E-state index contributed by atoms with van der Waals surface area (Å²) in [6.07, 6.45) is 0. The maximum Gasteiger partial charge on any atom is 0.273 e. The molecule has 0 amide bonds. The van der Waals surface area contributed by atoms with Crippen LogP contribution in [0, 0.1) is 17.0 Å². The Morgan fingerprint density at radius 1 is 1.44 bits per heavy atom. The van der Waals surface area contributed by atoms with E-state index in [1.54, 1.807) is 13.8 Å². The summed E-state index contributed by atoms with van der Waals surface area (Å²) in [7, 11) is -3.64. The standard InChI is InChI=1S/C9H12N2O4S/c1-3-10-16(14,15)8-5-4-7(2)9(6-8)11(12)13/h4-6,10H,3H2,1-2H3. The van der Waals surface area contributed by atoms with Crippen LogP contribution in [0.3, 0.4) is 0 Å². The molecular formula is C9H12N2O4S. The summed E-state index contributed by atoms with van der Waals surface area (Å²) < 4.78 is 25.4. The highest BCUT2D eigenvalue weighted by Gasteiger charge is 2.18. The Morgan fingerprint density at radius 3 is 2.56 bits per heavy atom. The lowest BCUT2D eigenvalue weighted by Crippen LogP contribution is -2.23. The Balaban J connectivity index is 3.28. The van der Waals surface area contributed by atoms with E-state index in [0.29, 0.717) is 5.56 Å². The molecule has 0 atom stereocenters. The van der Waals surface area contributed by atoms with Crippen molar-refractivity contribution in [2.24, 2.45) is 0 Å². The number of nitro groups is 1. The topological polar surface area (TPSA) is 89.3 Å². The Bertz CT molecular complexity index is 510. The van der Waals surface area contributed by atoms with Crippen LogP contribution in [0.5, 0.6) is 0 Å². The number of hydrogen-bond donors (Lipinski definition) is 1. The van der Waals surface area contributed by atoms with Gasteiger partial charge in [-0.05, 0) is 13.0 Å². The van der Waals surface area contributed by atoms with Crippen molar-refractivity contribution in [2.45, 2.75) is 18.7 Å². The van der Waals surface area contributed by atoms with Gasteiger partial charge in [0.25, 0.3) is 5.69 Å². The van der Waals surface area contributed by atoms with Crippen LogP contribution in [-0.2, 0) is 10.0 Å². The summed E-state index contributed by atoms with van der Waals surface area (Å²) in [6.45, 7) is 3.44. The molecule has 0 fully saturated rings. The van der Waals surface area contributed by atoms with Crippen molar-refractivity contribution in [3.05, 3.63) is 33.9 Å². The summed E-state index contributed by atoms with van der Waals surface area (Å²) in [5.41, 5.74) is 0.236. The molecule has 0 unspecified atom stereocenters. The Hall–Kier alpha value is -1.47. The largest absolute Gasteiger partial charge is 0.273 e. The molecule has 0 radical (unpaired) electrons. The van der Waals surface area contributed by atoms with E-state index < -0.39 is 14.9 Å². The van der Waals surface area contributed by atoms with Gasteiger partial charge in [-0.15, -0.1) is 0 Å². The van der Waals surface area contributed by atoms with Crippen LogP contribution in [0.1, 0.15) is 12.5 Å². The zero-order valence-corrected chi connectivity index (χ0v) is 9.74. The van der Waals surface area contributed by atoms with Crippen molar-refractivity contribution < 1.29 is 13.3 Å². The minimum absolute atomic E-state index is 0.0911. The third-order valence-electron chi connectivity index (χ3n) is 2.02. The lowest BCUT2D eigenvalue weighted by Gasteiger charge is -2.05. The van der Waals surface area contributed by atoms with Crippen molar-refractivity contribution in [1.82, 2.24) is 4.72 Å². The van der Waals surface area contributed by atoms with Crippen LogP contribution >= 0.6 is 0 Å². The third-order valence-corrected chi connectivity index (χ3v) is 3.57. The van der Waals surface area contributed by atoms with E-state index >= 15 is 0 Å². The molecule has 0 spiro atoms. The summed E-state index contributed by atoms with van der Waals surface area (Å²) in [6, 6.07) is 3.83. The highest BCUT2D eigenvalue weighted by molar-refractivity contribution is 7.89. The molecule has 6 nitrogen and oxygen atoms in total. The second kappa shape index (κ2) is 4.58. The first-order valence-corrected chi connectivity index (χ1v) is 6.11. The first-order chi connectivity index (χ1) is 7.38. The number of nitro benzene ring substituents is 1. The summed E-state index contributed by atoms with van der Waals surface area (Å²) in [4.78, 5) is 9.96. The minimum atomic E-state index is -3.64. The van der Waals surface area contributed by atoms with Gasteiger partial charge in [0.1, 0.15) is 0 Å². The second-order valence-electron chi connectivity index (χ2n) is 3.21. The zero-order valence-electron chi connectivity index (χ0n) is 8.93. The number of aryl methyl sites for hydroxylation is 1. The molecule has 88 valence electrons. The van der Waals surface area contributed by atoms with Gasteiger partial charge >= 0.3 is 0 Å². The maximum absolute atomic E-state index is 11.6. The highest BCUT2D eigenvalue weighted by atomic mass is 32.2. The molecule has 1 rings (SSSR count). The molecule has 0 heterocycles. The SMILES string of the molecule is CCNS(=O)(=O)c1ccc(C)c([N+](=O)[O-])c1. The summed E-state index contributed by atoms with van der Waals surface area (Å²) in [5, 5.41) is 10.6. The molecule has 0 aliphatic carbocycles. The number of hydrogen-bond acceptors (Lipinski definition) is 4. The van der Waals surface area contributed by atoms with Gasteiger partial charge in [0.05, 0.1) is 9.82 Å². The fourth-order valence-electron chi connectivity index (χ4n) is 1.23. The van der Waals surface area contributed by atoms with E-state index in [-0.39, 0.29) is 17.1 Å². The number of benzene rings is 1. The molecule has 0 saturated carbocycles. The van der Waals surface area contributed by atoms with Crippen LogP contribution in [0.2, 0.25) is 0 Å². The van der Waals surface area contributed by atoms with Crippen molar-refractivity contribution in [3.8, 4) is 0 Å². The fraction of sp³-hybridized carbons (Fsp3) is 0.333. The number of rotatable bonds is 4. The highest BCUT2D eigenvalue weighted by Crippen LogP contribution is 2.21. The van der Waals surface area contributed by atoms with Gasteiger partial charge in [0, 0.05) is 18.2 Å². The van der Waals surface area contributed by atoms with Crippen molar-refractivity contribution >= 4 is 15.7 Å². The Kier molecular flexibility index (Phi) is 3.61. The van der Waals surface area contributed by atoms with Gasteiger partial charge in [0.15, 0.2) is 0 Å². The number of sulfonamides is 1. The van der Waals surface area contributed by atoms with E-state index in [9.17, 15) is 18.5 Å². The fourth-order valence-corrected chi connectivity index (χ4v) is 2.29. The lowest BCUT2D eigenvalue weighted by molar-refractivity contribution is -0.385. The maximum atomic E-state index is 11.6. The van der Waals surface area contributed by atoms with Gasteiger partial charge in [-0.2, -0.15) is 0 Å². The van der Waals surface area contributed by atoms with Gasteiger partial charge in [-0.25, -0.2) is 13.1 Å². The molecule has 1 aromatic carbocycles. The molecule has 0 saturated heterocycles. The van der Waals surface area contributed by atoms with E-state index in [0.717, 1.165) is 6.07 Å². The van der Waals surface area contributed by atoms with Crippen LogP contribution in [0.4, 0.5) is 5.69 Å². The van der Waals surface area contributed by atoms with Crippen LogP contribution in [-0.4, -0.2) is 19.9 Å². The van der Waals surface area contributed by atoms with E-state index in [2.05, 4.69) is 4.72 Å². The quantitative estimate of drug-likeness (QED) is 0.636. The summed E-state index contributed by atoms with van der Waals surface area (Å²) in [5.74, 6) is 0. The Morgan fingerprint density at radius 2 is 2.06 bits per heavy atom. The van der Waals surface area contributed by atoms with E-state index in [1.807, 2.05) is 0 Å². The van der Waals surface area contributed by atoms with Crippen LogP contribution in [0.25, 0.3) is 0 Å². The van der Waals surface area contributed by atoms with Gasteiger partial charge in [0.2, 0.25) is 10.0 Å². The molecule has 16 heavy (non-hydrogen) atoms.